The second-order valence-electron chi connectivity index (χ2n) is 12.3. The zero-order valence-corrected chi connectivity index (χ0v) is 25.5. The second kappa shape index (κ2) is 11.5. The standard InChI is InChI=1S/C31H31F8NO5S/c1-17-14-19(27(42)45-2)6-9-23(17)26(41)40-13-12-28(46(43,44)22-5-3-4-21(32)16-22)24-10-8-20(15-18(24)7-11-25(28)40)29(33,30(34,35)36)31(37,38)39/h3-5,8,10,15-17,19,23,25H,6-7,9,11-14H2,1-2H3/t17?,19?,23-,25?,28?/m1/s1. The zero-order valence-electron chi connectivity index (χ0n) is 24.7. The molecule has 1 amide bonds. The van der Waals surface area contributed by atoms with Crippen molar-refractivity contribution in [1.29, 1.82) is 0 Å². The number of methoxy groups -OCH3 is 1. The number of sulfone groups is 1. The van der Waals surface area contributed by atoms with Crippen LogP contribution in [0.4, 0.5) is 35.1 Å². The van der Waals surface area contributed by atoms with Gasteiger partial charge in [-0.05, 0) is 73.8 Å². The lowest BCUT2D eigenvalue weighted by atomic mass is 9.73. The predicted molar refractivity (Wildman–Crippen MR) is 147 cm³/mol. The monoisotopic (exact) mass is 681 g/mol. The summed E-state index contributed by atoms with van der Waals surface area (Å²) < 4.78 is 143. The van der Waals surface area contributed by atoms with Gasteiger partial charge < -0.3 is 9.64 Å². The highest BCUT2D eigenvalue weighted by molar-refractivity contribution is 7.92. The Morgan fingerprint density at radius 3 is 2.22 bits per heavy atom. The molecule has 2 aromatic rings. The van der Waals surface area contributed by atoms with Crippen molar-refractivity contribution in [3.05, 3.63) is 65.0 Å². The fraction of sp³-hybridized carbons (Fsp3) is 0.548. The highest BCUT2D eigenvalue weighted by atomic mass is 32.2. The third-order valence-corrected chi connectivity index (χ3v) is 12.5. The molecule has 46 heavy (non-hydrogen) atoms. The second-order valence-corrected chi connectivity index (χ2v) is 14.5. The zero-order chi connectivity index (χ0) is 34.0. The summed E-state index contributed by atoms with van der Waals surface area (Å²) in [7, 11) is -3.41. The van der Waals surface area contributed by atoms with Crippen LogP contribution in [0, 0.1) is 23.6 Å². The highest BCUT2D eigenvalue weighted by Gasteiger charge is 2.74. The van der Waals surface area contributed by atoms with Gasteiger partial charge in [-0.1, -0.05) is 31.2 Å². The van der Waals surface area contributed by atoms with Crippen LogP contribution in [0.25, 0.3) is 0 Å². The molecule has 0 spiro atoms. The predicted octanol–water partition coefficient (Wildman–Crippen LogP) is 6.56. The van der Waals surface area contributed by atoms with Crippen molar-refractivity contribution in [3.8, 4) is 0 Å². The Hall–Kier alpha value is -3.23. The van der Waals surface area contributed by atoms with E-state index in [0.717, 1.165) is 30.3 Å². The fourth-order valence-corrected chi connectivity index (χ4v) is 10.1. The molecule has 252 valence electrons. The maximum absolute atomic E-state index is 15.0. The van der Waals surface area contributed by atoms with Crippen molar-refractivity contribution in [2.75, 3.05) is 13.7 Å². The van der Waals surface area contributed by atoms with Gasteiger partial charge in [0.2, 0.25) is 5.91 Å². The number of halogens is 8. The van der Waals surface area contributed by atoms with Crippen LogP contribution in [0.1, 0.15) is 55.7 Å². The Morgan fingerprint density at radius 2 is 1.63 bits per heavy atom. The number of nitrogens with zero attached hydrogens (tertiary/aromatic N) is 1. The lowest BCUT2D eigenvalue weighted by molar-refractivity contribution is -0.348. The first-order valence-electron chi connectivity index (χ1n) is 14.7. The van der Waals surface area contributed by atoms with Crippen LogP contribution in [0.2, 0.25) is 0 Å². The topological polar surface area (TPSA) is 80.8 Å². The molecule has 4 unspecified atom stereocenters. The first-order valence-corrected chi connectivity index (χ1v) is 16.1. The molecule has 0 N–H and O–H groups in total. The molecule has 1 saturated carbocycles. The van der Waals surface area contributed by atoms with Crippen molar-refractivity contribution < 1.29 is 57.9 Å². The molecule has 2 aliphatic carbocycles. The Labute approximate surface area is 260 Å². The van der Waals surface area contributed by atoms with E-state index in [1.54, 1.807) is 6.92 Å². The van der Waals surface area contributed by atoms with Crippen LogP contribution in [0.15, 0.2) is 47.4 Å². The summed E-state index contributed by atoms with van der Waals surface area (Å²) in [5, 5.41) is 0. The molecule has 0 bridgehead atoms. The molecular weight excluding hydrogens is 650 g/mol. The van der Waals surface area contributed by atoms with Gasteiger partial charge in [-0.25, -0.2) is 17.2 Å². The number of hydrogen-bond donors (Lipinski definition) is 0. The summed E-state index contributed by atoms with van der Waals surface area (Å²) >= 11 is 0. The molecule has 1 aliphatic heterocycles. The van der Waals surface area contributed by atoms with E-state index in [2.05, 4.69) is 0 Å². The van der Waals surface area contributed by atoms with E-state index in [1.165, 1.54) is 12.0 Å². The van der Waals surface area contributed by atoms with Crippen molar-refractivity contribution in [2.24, 2.45) is 17.8 Å². The number of carbonyl (C=O) groups excluding carboxylic acids is 2. The molecule has 1 heterocycles. The van der Waals surface area contributed by atoms with Gasteiger partial charge in [0.15, 0.2) is 9.84 Å². The number of likely N-dealkylation sites (tertiary alicyclic amines) is 1. The molecule has 1 saturated heterocycles. The maximum atomic E-state index is 15.0. The summed E-state index contributed by atoms with van der Waals surface area (Å²) in [6, 6.07) is 4.35. The molecular formula is C31H31F8NO5S. The summed E-state index contributed by atoms with van der Waals surface area (Å²) in [4.78, 5) is 27.0. The Bertz CT molecular complexity index is 1630. The van der Waals surface area contributed by atoms with Gasteiger partial charge in [0, 0.05) is 18.0 Å². The number of aryl methyl sites for hydroxylation is 1. The van der Waals surface area contributed by atoms with E-state index in [9.17, 15) is 48.7 Å². The van der Waals surface area contributed by atoms with Crippen LogP contribution in [-0.2, 0) is 41.0 Å². The van der Waals surface area contributed by atoms with Gasteiger partial charge in [-0.2, -0.15) is 26.3 Å². The fourth-order valence-electron chi connectivity index (χ4n) is 7.70. The Morgan fingerprint density at radius 1 is 0.957 bits per heavy atom. The number of rotatable bonds is 5. The van der Waals surface area contributed by atoms with Crippen LogP contribution in [-0.4, -0.2) is 57.2 Å². The van der Waals surface area contributed by atoms with E-state index in [-0.39, 0.29) is 48.9 Å². The molecule has 5 atom stereocenters. The molecule has 0 aromatic heterocycles. The summed E-state index contributed by atoms with van der Waals surface area (Å²) in [5.74, 6) is -3.00. The number of esters is 1. The number of ether oxygens (including phenoxy) is 1. The number of hydrogen-bond acceptors (Lipinski definition) is 5. The molecule has 2 fully saturated rings. The van der Waals surface area contributed by atoms with Crippen LogP contribution >= 0.6 is 0 Å². The normalized spacial score (nSPS) is 27.1. The van der Waals surface area contributed by atoms with Crippen LogP contribution < -0.4 is 0 Å². The maximum Gasteiger partial charge on any atom is 0.435 e. The average molecular weight is 682 g/mol. The number of carbonyl (C=O) groups is 2. The van der Waals surface area contributed by atoms with Crippen molar-refractivity contribution in [3.63, 3.8) is 0 Å². The molecule has 2 aromatic carbocycles. The van der Waals surface area contributed by atoms with E-state index in [0.29, 0.717) is 25.3 Å². The van der Waals surface area contributed by atoms with Gasteiger partial charge in [0.1, 0.15) is 10.6 Å². The van der Waals surface area contributed by atoms with Crippen LogP contribution in [0.5, 0.6) is 0 Å². The highest BCUT2D eigenvalue weighted by Crippen LogP contribution is 2.57. The SMILES string of the molecule is COC(=O)C1CC[C@@H](C(=O)N2CCC3(S(=O)(=O)c4cccc(F)c4)c4ccc(C(F)(C(F)(F)F)C(F)(F)F)cc4CCC23)C(C)C1. The van der Waals surface area contributed by atoms with Gasteiger partial charge in [-0.3, -0.25) is 9.59 Å². The first kappa shape index (κ1) is 34.1. The van der Waals surface area contributed by atoms with Gasteiger partial charge in [0.05, 0.1) is 24.0 Å². The molecule has 6 nitrogen and oxygen atoms in total. The third-order valence-electron chi connectivity index (χ3n) is 9.96. The Kier molecular flexibility index (Phi) is 8.51. The van der Waals surface area contributed by atoms with Crippen molar-refractivity contribution in [2.45, 2.75) is 79.2 Å². The Balaban J connectivity index is 1.62. The number of fused-ring (bicyclic) bond motifs is 3. The summed E-state index contributed by atoms with van der Waals surface area (Å²) in [5.41, 5.74) is -7.88. The van der Waals surface area contributed by atoms with Crippen molar-refractivity contribution in [1.82, 2.24) is 4.90 Å². The smallest absolute Gasteiger partial charge is 0.435 e. The lowest BCUT2D eigenvalue weighted by Crippen LogP contribution is -2.54. The molecule has 3 aliphatic rings. The third kappa shape index (κ3) is 5.07. The largest absolute Gasteiger partial charge is 0.469 e. The van der Waals surface area contributed by atoms with E-state index in [1.807, 2.05) is 0 Å². The lowest BCUT2D eigenvalue weighted by Gasteiger charge is -2.44. The quantitative estimate of drug-likeness (QED) is 0.264. The van der Waals surface area contributed by atoms with Gasteiger partial charge in [-0.15, -0.1) is 0 Å². The minimum Gasteiger partial charge on any atom is -0.469 e. The van der Waals surface area contributed by atoms with E-state index in [4.69, 9.17) is 4.74 Å². The molecule has 5 rings (SSSR count). The number of alkyl halides is 7. The van der Waals surface area contributed by atoms with Gasteiger partial charge in [0.25, 0.3) is 0 Å². The molecule has 15 heteroatoms. The minimum absolute atomic E-state index is 0.124. The minimum atomic E-state index is -6.37. The van der Waals surface area contributed by atoms with E-state index < -0.39 is 78.6 Å². The number of amides is 1. The number of benzene rings is 2. The van der Waals surface area contributed by atoms with Crippen molar-refractivity contribution >= 4 is 21.7 Å². The first-order chi connectivity index (χ1) is 21.3. The average Bonchev–Trinajstić information content (AvgIpc) is 3.40. The summed E-state index contributed by atoms with van der Waals surface area (Å²) in [6.07, 6.45) is -12.5. The van der Waals surface area contributed by atoms with Crippen LogP contribution in [0.3, 0.4) is 0 Å². The van der Waals surface area contributed by atoms with E-state index >= 15 is 4.39 Å². The summed E-state index contributed by atoms with van der Waals surface area (Å²) in [6.45, 7) is 1.66. The van der Waals surface area contributed by atoms with Gasteiger partial charge >= 0.3 is 24.0 Å². The molecule has 0 radical (unpaired) electrons.